The topological polar surface area (TPSA) is 93.5 Å². The lowest BCUT2D eigenvalue weighted by Crippen LogP contribution is -2.29. The zero-order chi connectivity index (χ0) is 17.6. The van der Waals surface area contributed by atoms with Gasteiger partial charge in [0, 0.05) is 23.5 Å². The molecule has 0 aromatic heterocycles. The first-order chi connectivity index (χ1) is 12.2. The van der Waals surface area contributed by atoms with Gasteiger partial charge in [-0.25, -0.2) is 0 Å². The lowest BCUT2D eigenvalue weighted by molar-refractivity contribution is -0.126. The molecule has 1 heterocycles. The summed E-state index contributed by atoms with van der Waals surface area (Å²) in [6.07, 6.45) is 0.934. The molecule has 2 amide bonds. The van der Waals surface area contributed by atoms with E-state index in [0.717, 1.165) is 6.42 Å². The number of anilines is 2. The molecule has 0 unspecified atom stereocenters. The van der Waals surface area contributed by atoms with Crippen LogP contribution >= 0.6 is 12.4 Å². The molecule has 1 aliphatic rings. The molecule has 0 spiro atoms. The van der Waals surface area contributed by atoms with Gasteiger partial charge < -0.3 is 21.1 Å². The largest absolute Gasteiger partial charge is 0.364 e. The highest BCUT2D eigenvalue weighted by Gasteiger charge is 2.29. The molecule has 2 aromatic carbocycles. The Morgan fingerprint density at radius 3 is 2.35 bits per heavy atom. The number of nitrogens with two attached hydrogens (primary N) is 1. The Morgan fingerprint density at radius 2 is 1.69 bits per heavy atom. The molecular formula is C19H22ClN3O3. The third-order valence-corrected chi connectivity index (χ3v) is 4.09. The third kappa shape index (κ3) is 5.05. The zero-order valence-corrected chi connectivity index (χ0v) is 15.0. The van der Waals surface area contributed by atoms with Crippen LogP contribution in [0.15, 0.2) is 54.6 Å². The minimum Gasteiger partial charge on any atom is -0.364 e. The Bertz CT molecular complexity index is 755. The summed E-state index contributed by atoms with van der Waals surface area (Å²) in [6, 6.07) is 16.0. The Labute approximate surface area is 158 Å². The van der Waals surface area contributed by atoms with Crippen molar-refractivity contribution in [3.05, 3.63) is 60.2 Å². The van der Waals surface area contributed by atoms with Crippen LogP contribution in [0.25, 0.3) is 0 Å². The maximum absolute atomic E-state index is 12.3. The predicted molar refractivity (Wildman–Crippen MR) is 104 cm³/mol. The first-order valence-corrected chi connectivity index (χ1v) is 8.28. The first kappa shape index (κ1) is 19.9. The van der Waals surface area contributed by atoms with Gasteiger partial charge in [-0.2, -0.15) is 0 Å². The third-order valence-electron chi connectivity index (χ3n) is 4.09. The molecule has 0 bridgehead atoms. The highest BCUT2D eigenvalue weighted by molar-refractivity contribution is 6.04. The second-order valence-electron chi connectivity index (χ2n) is 5.95. The molecule has 2 aromatic rings. The summed E-state index contributed by atoms with van der Waals surface area (Å²) in [6.45, 7) is 0.421. The Balaban J connectivity index is 0.00000243. The number of carbonyl (C=O) groups is 2. The molecule has 1 saturated heterocycles. The van der Waals surface area contributed by atoms with Crippen LogP contribution in [0.3, 0.4) is 0 Å². The average molecular weight is 376 g/mol. The molecule has 1 fully saturated rings. The maximum Gasteiger partial charge on any atom is 0.255 e. The Morgan fingerprint density at radius 1 is 1.00 bits per heavy atom. The van der Waals surface area contributed by atoms with Gasteiger partial charge in [-0.1, -0.05) is 24.3 Å². The summed E-state index contributed by atoms with van der Waals surface area (Å²) in [4.78, 5) is 24.5. The number of hydrogen-bond donors (Lipinski definition) is 3. The highest BCUT2D eigenvalue weighted by atomic mass is 35.5. The van der Waals surface area contributed by atoms with E-state index in [9.17, 15) is 9.59 Å². The second-order valence-corrected chi connectivity index (χ2v) is 5.95. The van der Waals surface area contributed by atoms with Crippen molar-refractivity contribution in [2.45, 2.75) is 25.0 Å². The van der Waals surface area contributed by atoms with Gasteiger partial charge in [0.2, 0.25) is 0 Å². The van der Waals surface area contributed by atoms with Crippen LogP contribution in [0.1, 0.15) is 23.2 Å². The maximum atomic E-state index is 12.3. The van der Waals surface area contributed by atoms with Gasteiger partial charge >= 0.3 is 0 Å². The molecule has 6 nitrogen and oxygen atoms in total. The fraction of sp³-hybridized carbons (Fsp3) is 0.263. The SMILES string of the molecule is Cl.NC[C@H]1CC[C@@H](C(=O)Nc2cccc(NC(=O)c3ccccc3)c2)O1. The van der Waals surface area contributed by atoms with E-state index in [2.05, 4.69) is 10.6 Å². The van der Waals surface area contributed by atoms with E-state index in [0.29, 0.717) is 29.9 Å². The van der Waals surface area contributed by atoms with Gasteiger partial charge in [0.05, 0.1) is 6.10 Å². The Kier molecular flexibility index (Phi) is 7.15. The van der Waals surface area contributed by atoms with Crippen molar-refractivity contribution >= 4 is 35.6 Å². The van der Waals surface area contributed by atoms with Crippen molar-refractivity contribution in [2.75, 3.05) is 17.2 Å². The van der Waals surface area contributed by atoms with E-state index in [1.54, 1.807) is 36.4 Å². The van der Waals surface area contributed by atoms with Gasteiger partial charge in [0.15, 0.2) is 0 Å². The van der Waals surface area contributed by atoms with Gasteiger partial charge in [-0.05, 0) is 43.2 Å². The van der Waals surface area contributed by atoms with E-state index in [1.807, 2.05) is 18.2 Å². The average Bonchev–Trinajstić information content (AvgIpc) is 3.12. The van der Waals surface area contributed by atoms with Crippen molar-refractivity contribution in [2.24, 2.45) is 5.73 Å². The van der Waals surface area contributed by atoms with Crippen molar-refractivity contribution in [3.8, 4) is 0 Å². The lowest BCUT2D eigenvalue weighted by Gasteiger charge is -2.13. The van der Waals surface area contributed by atoms with Crippen LogP contribution in [0.4, 0.5) is 11.4 Å². The molecule has 3 rings (SSSR count). The van der Waals surface area contributed by atoms with Crippen molar-refractivity contribution in [1.82, 2.24) is 0 Å². The highest BCUT2D eigenvalue weighted by Crippen LogP contribution is 2.22. The quantitative estimate of drug-likeness (QED) is 0.749. The zero-order valence-electron chi connectivity index (χ0n) is 14.2. The summed E-state index contributed by atoms with van der Waals surface area (Å²) < 4.78 is 5.59. The number of carbonyl (C=O) groups excluding carboxylic acids is 2. The van der Waals surface area contributed by atoms with E-state index >= 15 is 0 Å². The fourth-order valence-corrected chi connectivity index (χ4v) is 2.76. The predicted octanol–water partition coefficient (Wildman–Crippen LogP) is 2.81. The minimum atomic E-state index is -0.476. The smallest absolute Gasteiger partial charge is 0.255 e. The molecule has 1 aliphatic heterocycles. The summed E-state index contributed by atoms with van der Waals surface area (Å²) in [5.74, 6) is -0.392. The molecular weight excluding hydrogens is 354 g/mol. The van der Waals surface area contributed by atoms with Crippen LogP contribution in [0.5, 0.6) is 0 Å². The standard InChI is InChI=1S/C19H21N3O3.ClH/c20-12-16-9-10-17(25-16)19(24)22-15-8-4-7-14(11-15)21-18(23)13-5-2-1-3-6-13;/h1-8,11,16-17H,9-10,12,20H2,(H,21,23)(H,22,24);1H/t16-,17+;/m1./s1. The van der Waals surface area contributed by atoms with Crippen LogP contribution < -0.4 is 16.4 Å². The summed E-state index contributed by atoms with van der Waals surface area (Å²) in [7, 11) is 0. The number of halogens is 1. The van der Waals surface area contributed by atoms with Gasteiger partial charge in [0.25, 0.3) is 11.8 Å². The van der Waals surface area contributed by atoms with E-state index < -0.39 is 6.10 Å². The minimum absolute atomic E-state index is 0. The monoisotopic (exact) mass is 375 g/mol. The molecule has 2 atom stereocenters. The van der Waals surface area contributed by atoms with Gasteiger partial charge in [-0.15, -0.1) is 12.4 Å². The number of nitrogens with one attached hydrogen (secondary N) is 2. The lowest BCUT2D eigenvalue weighted by atomic mass is 10.2. The van der Waals surface area contributed by atoms with Gasteiger partial charge in [0.1, 0.15) is 6.10 Å². The number of hydrogen-bond acceptors (Lipinski definition) is 4. The second kappa shape index (κ2) is 9.33. The van der Waals surface area contributed by atoms with E-state index in [-0.39, 0.29) is 30.3 Å². The molecule has 0 saturated carbocycles. The van der Waals surface area contributed by atoms with Crippen LogP contribution in [-0.4, -0.2) is 30.6 Å². The van der Waals surface area contributed by atoms with E-state index in [4.69, 9.17) is 10.5 Å². The van der Waals surface area contributed by atoms with Gasteiger partial charge in [-0.3, -0.25) is 9.59 Å². The summed E-state index contributed by atoms with van der Waals surface area (Å²) in [5, 5.41) is 5.65. The molecule has 4 N–H and O–H groups in total. The molecule has 0 aliphatic carbocycles. The number of benzene rings is 2. The Hall–Kier alpha value is -2.41. The van der Waals surface area contributed by atoms with Crippen LogP contribution in [0, 0.1) is 0 Å². The number of rotatable bonds is 5. The first-order valence-electron chi connectivity index (χ1n) is 8.28. The van der Waals surface area contributed by atoms with Crippen molar-refractivity contribution in [1.29, 1.82) is 0 Å². The van der Waals surface area contributed by atoms with Crippen LogP contribution in [0.2, 0.25) is 0 Å². The number of ether oxygens (including phenoxy) is 1. The van der Waals surface area contributed by atoms with Crippen molar-refractivity contribution < 1.29 is 14.3 Å². The molecule has 138 valence electrons. The summed E-state index contributed by atoms with van der Waals surface area (Å²) >= 11 is 0. The summed E-state index contributed by atoms with van der Waals surface area (Å²) in [5.41, 5.74) is 7.36. The molecule has 7 heteroatoms. The van der Waals surface area contributed by atoms with E-state index in [1.165, 1.54) is 0 Å². The normalized spacial score (nSPS) is 18.7. The molecule has 0 radical (unpaired) electrons. The van der Waals surface area contributed by atoms with Crippen molar-refractivity contribution in [3.63, 3.8) is 0 Å². The fourth-order valence-electron chi connectivity index (χ4n) is 2.76. The number of amides is 2. The molecule has 26 heavy (non-hydrogen) atoms. The van der Waals surface area contributed by atoms with Crippen LogP contribution in [-0.2, 0) is 9.53 Å².